The third-order valence-corrected chi connectivity index (χ3v) is 7.19. The van der Waals surface area contributed by atoms with Crippen molar-refractivity contribution in [3.05, 3.63) is 0 Å². The second-order valence-corrected chi connectivity index (χ2v) is 7.17. The Labute approximate surface area is 89.7 Å². The summed E-state index contributed by atoms with van der Waals surface area (Å²) in [5.41, 5.74) is 2.62. The van der Waals surface area contributed by atoms with E-state index in [0.29, 0.717) is 46.7 Å². The lowest BCUT2D eigenvalue weighted by Crippen LogP contribution is -1.96. The zero-order valence-electron chi connectivity index (χ0n) is 9.00. The van der Waals surface area contributed by atoms with Gasteiger partial charge in [-0.15, -0.1) is 0 Å². The fourth-order valence-corrected chi connectivity index (χ4v) is 6.07. The summed E-state index contributed by atoms with van der Waals surface area (Å²) in [6.07, 6.45) is 6.92. The van der Waals surface area contributed by atoms with Gasteiger partial charge in [0.05, 0.1) is 0 Å². The van der Waals surface area contributed by atoms with E-state index in [1.54, 1.807) is 0 Å². The minimum Gasteiger partial charge on any atom is -0.396 e. The average Bonchev–Trinajstić information content (AvgIpc) is 3.06. The Morgan fingerprint density at radius 1 is 0.800 bits per heavy atom. The van der Waals surface area contributed by atoms with Crippen LogP contribution in [-0.4, -0.2) is 23.4 Å². The van der Waals surface area contributed by atoms with Gasteiger partial charge in [0.2, 0.25) is 0 Å². The van der Waals surface area contributed by atoms with Gasteiger partial charge in [0.15, 0.2) is 0 Å². The van der Waals surface area contributed by atoms with Crippen molar-refractivity contribution in [3.63, 3.8) is 0 Å². The molecule has 4 spiro atoms. The minimum absolute atomic E-state index is 0.425. The van der Waals surface area contributed by atoms with E-state index >= 15 is 0 Å². The third-order valence-electron chi connectivity index (χ3n) is 7.19. The Morgan fingerprint density at radius 3 is 1.60 bits per heavy atom. The first-order valence-electron chi connectivity index (χ1n) is 6.42. The summed E-state index contributed by atoms with van der Waals surface area (Å²) in [6.45, 7) is 0.850. The zero-order chi connectivity index (χ0) is 10.1. The summed E-state index contributed by atoms with van der Waals surface area (Å²) in [7, 11) is 0. The van der Waals surface area contributed by atoms with Crippen molar-refractivity contribution in [2.45, 2.75) is 32.1 Å². The second-order valence-electron chi connectivity index (χ2n) is 7.17. The van der Waals surface area contributed by atoms with E-state index in [4.69, 9.17) is 0 Å². The molecule has 0 aliphatic heterocycles. The monoisotopic (exact) mass is 206 g/mol. The first-order valence-corrected chi connectivity index (χ1v) is 6.42. The van der Waals surface area contributed by atoms with Crippen LogP contribution < -0.4 is 0 Å². The topological polar surface area (TPSA) is 40.5 Å². The van der Waals surface area contributed by atoms with E-state index < -0.39 is 0 Å². The van der Waals surface area contributed by atoms with Gasteiger partial charge in [0.1, 0.15) is 0 Å². The molecular formula is C13H18O2. The molecule has 2 heteroatoms. The van der Waals surface area contributed by atoms with Crippen molar-refractivity contribution in [1.29, 1.82) is 0 Å². The molecule has 5 rings (SSSR count). The predicted octanol–water partition coefficient (Wildman–Crippen LogP) is 1.17. The molecule has 0 saturated heterocycles. The highest BCUT2D eigenvalue weighted by Crippen LogP contribution is 3.10. The van der Waals surface area contributed by atoms with Crippen molar-refractivity contribution in [3.8, 4) is 0 Å². The standard InChI is InChI=1S/C13H18O2/c14-3-8-1-10(8)5-12(10)7-13(12)6-11(13)2-9(11)4-15/h8-9,14-15H,1-7H2/t8-,9-,10-,11-,12-,13-/m1/s1. The Morgan fingerprint density at radius 2 is 1.27 bits per heavy atom. The van der Waals surface area contributed by atoms with Crippen molar-refractivity contribution in [2.24, 2.45) is 33.5 Å². The molecule has 5 saturated carbocycles. The van der Waals surface area contributed by atoms with Gasteiger partial charge in [-0.05, 0) is 65.6 Å². The van der Waals surface area contributed by atoms with E-state index in [1.807, 2.05) is 0 Å². The number of rotatable bonds is 2. The molecule has 5 fully saturated rings. The van der Waals surface area contributed by atoms with Crippen LogP contribution in [0.3, 0.4) is 0 Å². The summed E-state index contributed by atoms with van der Waals surface area (Å²) in [5, 5.41) is 18.5. The third kappa shape index (κ3) is 0.533. The van der Waals surface area contributed by atoms with Crippen LogP contribution in [0.2, 0.25) is 0 Å². The van der Waals surface area contributed by atoms with Crippen LogP contribution in [0.25, 0.3) is 0 Å². The van der Waals surface area contributed by atoms with Gasteiger partial charge in [-0.25, -0.2) is 0 Å². The van der Waals surface area contributed by atoms with Crippen molar-refractivity contribution < 1.29 is 10.2 Å². The van der Waals surface area contributed by atoms with Gasteiger partial charge >= 0.3 is 0 Å². The van der Waals surface area contributed by atoms with Crippen LogP contribution in [0.4, 0.5) is 0 Å². The quantitative estimate of drug-likeness (QED) is 0.712. The minimum atomic E-state index is 0.425. The summed E-state index contributed by atoms with van der Waals surface area (Å²) < 4.78 is 0. The molecule has 0 bridgehead atoms. The molecule has 0 aromatic rings. The number of aliphatic hydroxyl groups is 2. The van der Waals surface area contributed by atoms with Crippen LogP contribution in [-0.2, 0) is 0 Å². The first kappa shape index (κ1) is 8.08. The maximum Gasteiger partial charge on any atom is 0.0465 e. The van der Waals surface area contributed by atoms with Gasteiger partial charge in [0, 0.05) is 13.2 Å². The number of fused-ring (bicyclic) bond motifs is 3. The Hall–Kier alpha value is -0.0800. The zero-order valence-corrected chi connectivity index (χ0v) is 9.00. The summed E-state index contributed by atoms with van der Waals surface area (Å²) in [6, 6.07) is 0. The number of hydrogen-bond donors (Lipinski definition) is 2. The summed E-state index contributed by atoms with van der Waals surface area (Å²) in [5.74, 6) is 1.31. The van der Waals surface area contributed by atoms with Gasteiger partial charge in [-0.2, -0.15) is 0 Å². The number of hydrogen-bond acceptors (Lipinski definition) is 2. The molecule has 5 aliphatic rings. The van der Waals surface area contributed by atoms with E-state index in [9.17, 15) is 10.2 Å². The highest BCUT2D eigenvalue weighted by Gasteiger charge is 3.04. The summed E-state index contributed by atoms with van der Waals surface area (Å²) in [4.78, 5) is 0. The molecule has 5 aliphatic carbocycles. The van der Waals surface area contributed by atoms with E-state index in [2.05, 4.69) is 0 Å². The Bertz CT molecular complexity index is 358. The lowest BCUT2D eigenvalue weighted by atomic mass is 10.1. The molecular weight excluding hydrogens is 188 g/mol. The SMILES string of the molecule is OC[C@H]1C[C@@]12C[C@@]21C[C@@]12C[C@@]21C[C@@H]1CO. The predicted molar refractivity (Wildman–Crippen MR) is 54.0 cm³/mol. The lowest BCUT2D eigenvalue weighted by Gasteiger charge is -1.95. The van der Waals surface area contributed by atoms with Crippen molar-refractivity contribution >= 4 is 0 Å². The largest absolute Gasteiger partial charge is 0.396 e. The van der Waals surface area contributed by atoms with Gasteiger partial charge in [0.25, 0.3) is 0 Å². The smallest absolute Gasteiger partial charge is 0.0465 e. The van der Waals surface area contributed by atoms with Gasteiger partial charge in [-0.3, -0.25) is 0 Å². The molecule has 0 aromatic carbocycles. The highest BCUT2D eigenvalue weighted by atomic mass is 16.3. The van der Waals surface area contributed by atoms with Crippen LogP contribution >= 0.6 is 0 Å². The molecule has 0 amide bonds. The molecule has 82 valence electrons. The van der Waals surface area contributed by atoms with E-state index in [-0.39, 0.29) is 0 Å². The fourth-order valence-electron chi connectivity index (χ4n) is 6.07. The van der Waals surface area contributed by atoms with Crippen molar-refractivity contribution in [2.75, 3.05) is 13.2 Å². The molecule has 2 N–H and O–H groups in total. The second kappa shape index (κ2) is 1.70. The van der Waals surface area contributed by atoms with E-state index in [1.165, 1.54) is 32.1 Å². The normalized spacial score (nSPS) is 75.6. The molecule has 0 aromatic heterocycles. The first-order chi connectivity index (χ1) is 7.20. The fraction of sp³-hybridized carbons (Fsp3) is 1.00. The molecule has 15 heavy (non-hydrogen) atoms. The maximum absolute atomic E-state index is 9.24. The van der Waals surface area contributed by atoms with Gasteiger partial charge in [-0.1, -0.05) is 0 Å². The molecule has 2 nitrogen and oxygen atoms in total. The van der Waals surface area contributed by atoms with Crippen LogP contribution in [0.1, 0.15) is 32.1 Å². The highest BCUT2D eigenvalue weighted by molar-refractivity contribution is 5.51. The van der Waals surface area contributed by atoms with Crippen LogP contribution in [0.5, 0.6) is 0 Å². The average molecular weight is 206 g/mol. The Balaban J connectivity index is 1.43. The van der Waals surface area contributed by atoms with Crippen LogP contribution in [0.15, 0.2) is 0 Å². The van der Waals surface area contributed by atoms with Crippen LogP contribution in [0, 0.1) is 33.5 Å². The van der Waals surface area contributed by atoms with Crippen molar-refractivity contribution in [1.82, 2.24) is 0 Å². The number of aliphatic hydroxyl groups excluding tert-OH is 2. The Kier molecular flexibility index (Phi) is 0.918. The molecule has 0 heterocycles. The molecule has 6 atom stereocenters. The lowest BCUT2D eigenvalue weighted by molar-refractivity contribution is 0.258. The summed E-state index contributed by atoms with van der Waals surface area (Å²) >= 11 is 0. The van der Waals surface area contributed by atoms with Gasteiger partial charge < -0.3 is 10.2 Å². The van der Waals surface area contributed by atoms with E-state index in [0.717, 1.165) is 0 Å². The maximum atomic E-state index is 9.24. The molecule has 0 unspecified atom stereocenters. The molecule has 0 radical (unpaired) electrons.